The highest BCUT2D eigenvalue weighted by Crippen LogP contribution is 2.32. The Kier molecular flexibility index (Phi) is 5.83. The highest BCUT2D eigenvalue weighted by atomic mass is 32.2. The number of aromatic amines is 1. The molecule has 0 saturated carbocycles. The second-order valence-corrected chi connectivity index (χ2v) is 9.02. The predicted octanol–water partition coefficient (Wildman–Crippen LogP) is 5.89. The van der Waals surface area contributed by atoms with Crippen LogP contribution in [0.1, 0.15) is 35.7 Å². The van der Waals surface area contributed by atoms with Crippen LogP contribution in [0.3, 0.4) is 0 Å². The zero-order chi connectivity index (χ0) is 21.3. The summed E-state index contributed by atoms with van der Waals surface area (Å²) in [6.07, 6.45) is 0. The fourth-order valence-corrected chi connectivity index (χ4v) is 4.87. The lowest BCUT2D eigenvalue weighted by Gasteiger charge is -2.06. The van der Waals surface area contributed by atoms with Crippen LogP contribution in [0.25, 0.3) is 21.3 Å². The van der Waals surface area contributed by atoms with Crippen molar-refractivity contribution in [3.8, 4) is 11.1 Å². The van der Waals surface area contributed by atoms with Crippen molar-refractivity contribution in [2.75, 3.05) is 5.75 Å². The quantitative estimate of drug-likeness (QED) is 0.232. The third-order valence-electron chi connectivity index (χ3n) is 4.82. The number of nitrogens with one attached hydrogen (secondary N) is 1. The van der Waals surface area contributed by atoms with E-state index in [-0.39, 0.29) is 22.9 Å². The Morgan fingerprint density at radius 3 is 2.50 bits per heavy atom. The standard InChI is InChI=1S/C23H19FN2O2S2/c1-13(2)14-3-5-15(6-4-14)18-11-29-22-20(18)21(28)25-23(26-22)30-12-19(27)16-7-9-17(24)10-8-16/h3-11,13H,12H2,1-2H3,(H,25,26,28). The average molecular weight is 439 g/mol. The van der Waals surface area contributed by atoms with Crippen molar-refractivity contribution in [1.29, 1.82) is 0 Å². The van der Waals surface area contributed by atoms with Gasteiger partial charge in [-0.15, -0.1) is 11.3 Å². The number of fused-ring (bicyclic) bond motifs is 1. The van der Waals surface area contributed by atoms with Crippen LogP contribution in [0, 0.1) is 5.82 Å². The van der Waals surface area contributed by atoms with E-state index in [9.17, 15) is 14.0 Å². The number of nitrogens with zero attached hydrogens (tertiary/aromatic N) is 1. The zero-order valence-electron chi connectivity index (χ0n) is 16.4. The summed E-state index contributed by atoms with van der Waals surface area (Å²) in [7, 11) is 0. The Morgan fingerprint density at radius 2 is 1.83 bits per heavy atom. The van der Waals surface area contributed by atoms with Crippen molar-refractivity contribution < 1.29 is 9.18 Å². The van der Waals surface area contributed by atoms with Gasteiger partial charge < -0.3 is 4.98 Å². The SMILES string of the molecule is CC(C)c1ccc(-c2csc3nc(SCC(=O)c4ccc(F)cc4)[nH]c(=O)c23)cc1. The predicted molar refractivity (Wildman–Crippen MR) is 121 cm³/mol. The minimum Gasteiger partial charge on any atom is -0.301 e. The number of aromatic nitrogens is 2. The number of thiophene rings is 1. The van der Waals surface area contributed by atoms with E-state index in [1.165, 1.54) is 41.2 Å². The molecule has 2 aromatic carbocycles. The largest absolute Gasteiger partial charge is 0.301 e. The molecule has 0 atom stereocenters. The number of hydrogen-bond donors (Lipinski definition) is 1. The van der Waals surface area contributed by atoms with Crippen LogP contribution in [0.15, 0.2) is 63.9 Å². The number of carbonyl (C=O) groups excluding carboxylic acids is 1. The highest BCUT2D eigenvalue weighted by molar-refractivity contribution is 7.99. The topological polar surface area (TPSA) is 62.8 Å². The van der Waals surface area contributed by atoms with E-state index in [2.05, 4.69) is 35.9 Å². The first kappa shape index (κ1) is 20.5. The molecule has 4 aromatic rings. The number of hydrogen-bond acceptors (Lipinski definition) is 5. The summed E-state index contributed by atoms with van der Waals surface area (Å²) in [5.41, 5.74) is 3.29. The van der Waals surface area contributed by atoms with E-state index in [0.29, 0.717) is 26.9 Å². The molecule has 0 fully saturated rings. The summed E-state index contributed by atoms with van der Waals surface area (Å²) in [6.45, 7) is 4.29. The molecule has 0 bridgehead atoms. The maximum atomic E-state index is 13.0. The van der Waals surface area contributed by atoms with E-state index in [4.69, 9.17) is 0 Å². The maximum absolute atomic E-state index is 13.0. The van der Waals surface area contributed by atoms with Gasteiger partial charge in [-0.1, -0.05) is 49.9 Å². The molecular weight excluding hydrogens is 419 g/mol. The van der Waals surface area contributed by atoms with Gasteiger partial charge in [-0.2, -0.15) is 0 Å². The van der Waals surface area contributed by atoms with E-state index in [0.717, 1.165) is 22.9 Å². The van der Waals surface area contributed by atoms with Crippen LogP contribution in [-0.2, 0) is 0 Å². The molecule has 30 heavy (non-hydrogen) atoms. The fraction of sp³-hybridized carbons (Fsp3) is 0.174. The van der Waals surface area contributed by atoms with Crippen molar-refractivity contribution in [2.24, 2.45) is 0 Å². The maximum Gasteiger partial charge on any atom is 0.260 e. The van der Waals surface area contributed by atoms with Gasteiger partial charge in [0.15, 0.2) is 10.9 Å². The normalized spacial score (nSPS) is 11.3. The molecule has 2 heterocycles. The number of thioether (sulfide) groups is 1. The lowest BCUT2D eigenvalue weighted by Crippen LogP contribution is -2.10. The number of carbonyl (C=O) groups is 1. The number of benzene rings is 2. The van der Waals surface area contributed by atoms with Crippen molar-refractivity contribution in [1.82, 2.24) is 9.97 Å². The summed E-state index contributed by atoms with van der Waals surface area (Å²) >= 11 is 2.57. The zero-order valence-corrected chi connectivity index (χ0v) is 18.1. The summed E-state index contributed by atoms with van der Waals surface area (Å²) in [5, 5.41) is 2.90. The summed E-state index contributed by atoms with van der Waals surface area (Å²) < 4.78 is 13.0. The lowest BCUT2D eigenvalue weighted by atomic mass is 9.99. The minimum atomic E-state index is -0.386. The molecule has 4 nitrogen and oxygen atoms in total. The van der Waals surface area contributed by atoms with Gasteiger partial charge in [0.05, 0.1) is 11.1 Å². The molecule has 7 heteroatoms. The Hall–Kier alpha value is -2.77. The van der Waals surface area contributed by atoms with Gasteiger partial charge in [-0.25, -0.2) is 9.37 Å². The third-order valence-corrected chi connectivity index (χ3v) is 6.56. The van der Waals surface area contributed by atoms with Crippen molar-refractivity contribution >= 4 is 39.1 Å². The minimum absolute atomic E-state index is 0.106. The van der Waals surface area contributed by atoms with Crippen LogP contribution in [-0.4, -0.2) is 21.5 Å². The Bertz CT molecular complexity index is 1260. The van der Waals surface area contributed by atoms with Gasteiger partial charge in [-0.05, 0) is 41.3 Å². The molecule has 0 amide bonds. The number of ketones is 1. The molecule has 1 N–H and O–H groups in total. The Labute approximate surface area is 181 Å². The summed E-state index contributed by atoms with van der Waals surface area (Å²) in [4.78, 5) is 33.0. The van der Waals surface area contributed by atoms with Crippen molar-refractivity contribution in [2.45, 2.75) is 24.9 Å². The van der Waals surface area contributed by atoms with Crippen molar-refractivity contribution in [3.05, 3.63) is 81.2 Å². The van der Waals surface area contributed by atoms with E-state index in [1.807, 2.05) is 17.5 Å². The van der Waals surface area contributed by atoms with E-state index < -0.39 is 0 Å². The molecule has 4 rings (SSSR count). The molecule has 0 aliphatic heterocycles. The van der Waals surface area contributed by atoms with Gasteiger partial charge in [0, 0.05) is 16.5 Å². The molecule has 0 radical (unpaired) electrons. The second-order valence-electron chi connectivity index (χ2n) is 7.20. The van der Waals surface area contributed by atoms with Gasteiger partial charge in [0.2, 0.25) is 0 Å². The average Bonchev–Trinajstić information content (AvgIpc) is 3.17. The van der Waals surface area contributed by atoms with Gasteiger partial charge in [0.1, 0.15) is 10.6 Å². The van der Waals surface area contributed by atoms with Crippen LogP contribution in [0.4, 0.5) is 4.39 Å². The molecular formula is C23H19FN2O2S2. The first-order valence-corrected chi connectivity index (χ1v) is 11.3. The molecule has 0 unspecified atom stereocenters. The number of rotatable bonds is 6. The second kappa shape index (κ2) is 8.53. The van der Waals surface area contributed by atoms with Gasteiger partial charge in [-0.3, -0.25) is 9.59 Å². The van der Waals surface area contributed by atoms with Gasteiger partial charge >= 0.3 is 0 Å². The lowest BCUT2D eigenvalue weighted by molar-refractivity contribution is 0.102. The Morgan fingerprint density at radius 1 is 1.13 bits per heavy atom. The smallest absolute Gasteiger partial charge is 0.260 e. The van der Waals surface area contributed by atoms with Crippen LogP contribution in [0.2, 0.25) is 0 Å². The van der Waals surface area contributed by atoms with E-state index in [1.54, 1.807) is 0 Å². The van der Waals surface area contributed by atoms with Crippen molar-refractivity contribution in [3.63, 3.8) is 0 Å². The molecule has 152 valence electrons. The molecule has 0 saturated heterocycles. The Balaban J connectivity index is 1.57. The summed E-state index contributed by atoms with van der Waals surface area (Å²) in [5.74, 6) is 0.0120. The summed E-state index contributed by atoms with van der Waals surface area (Å²) in [6, 6.07) is 13.6. The first-order valence-electron chi connectivity index (χ1n) is 9.46. The number of Topliss-reactive ketones (excluding diaryl/α,β-unsaturated/α-hetero) is 1. The van der Waals surface area contributed by atoms with E-state index >= 15 is 0 Å². The monoisotopic (exact) mass is 438 g/mol. The first-order chi connectivity index (χ1) is 14.4. The molecule has 2 aromatic heterocycles. The van der Waals surface area contributed by atoms with Crippen LogP contribution in [0.5, 0.6) is 0 Å². The fourth-order valence-electron chi connectivity index (χ4n) is 3.11. The highest BCUT2D eigenvalue weighted by Gasteiger charge is 2.15. The third kappa shape index (κ3) is 4.22. The number of halogens is 1. The molecule has 0 spiro atoms. The number of H-pyrrole nitrogens is 1. The van der Waals surface area contributed by atoms with Gasteiger partial charge in [0.25, 0.3) is 5.56 Å². The molecule has 0 aliphatic rings. The van der Waals surface area contributed by atoms with Crippen LogP contribution < -0.4 is 5.56 Å². The molecule has 0 aliphatic carbocycles. The van der Waals surface area contributed by atoms with Crippen LogP contribution >= 0.6 is 23.1 Å².